The second-order valence-corrected chi connectivity index (χ2v) is 4.09. The van der Waals surface area contributed by atoms with Crippen LogP contribution in [0.3, 0.4) is 0 Å². The molecule has 2 rings (SSSR count). The van der Waals surface area contributed by atoms with Crippen LogP contribution in [0.2, 0.25) is 0 Å². The first-order valence-corrected chi connectivity index (χ1v) is 5.77. The number of aromatic nitrogens is 2. The van der Waals surface area contributed by atoms with Crippen LogP contribution < -0.4 is 5.32 Å². The minimum atomic E-state index is -4.73. The molecule has 0 aliphatic rings. The number of halogens is 4. The van der Waals surface area contributed by atoms with E-state index in [9.17, 15) is 22.4 Å². The normalized spacial score (nSPS) is 12.8. The van der Waals surface area contributed by atoms with Crippen molar-refractivity contribution in [2.75, 3.05) is 0 Å². The van der Waals surface area contributed by atoms with Gasteiger partial charge >= 0.3 is 6.18 Å². The molecule has 8 heteroatoms. The average Bonchev–Trinajstić information content (AvgIpc) is 2.45. The Balaban J connectivity index is 2.26. The summed E-state index contributed by atoms with van der Waals surface area (Å²) in [6.45, 7) is 0. The molecule has 0 saturated carbocycles. The molecule has 1 aromatic carbocycles. The Labute approximate surface area is 116 Å². The van der Waals surface area contributed by atoms with Gasteiger partial charge in [0.05, 0.1) is 6.20 Å². The number of rotatable bonds is 3. The Morgan fingerprint density at radius 3 is 2.33 bits per heavy atom. The lowest BCUT2D eigenvalue weighted by molar-refractivity contribution is -0.155. The molecule has 0 radical (unpaired) electrons. The van der Waals surface area contributed by atoms with Gasteiger partial charge in [-0.1, -0.05) is 12.1 Å². The lowest BCUT2D eigenvalue weighted by Gasteiger charge is -2.21. The van der Waals surface area contributed by atoms with Crippen LogP contribution in [0.5, 0.6) is 0 Å². The highest BCUT2D eigenvalue weighted by molar-refractivity contribution is 5.92. The number of alkyl halides is 3. The summed E-state index contributed by atoms with van der Waals surface area (Å²) in [6, 6.07) is 1.45. The first kappa shape index (κ1) is 14.9. The fourth-order valence-electron chi connectivity index (χ4n) is 1.63. The van der Waals surface area contributed by atoms with Crippen LogP contribution >= 0.6 is 0 Å². The molecule has 1 amide bonds. The Morgan fingerprint density at radius 2 is 1.81 bits per heavy atom. The summed E-state index contributed by atoms with van der Waals surface area (Å²) in [5, 5.41) is 1.82. The maximum atomic E-state index is 13.0. The van der Waals surface area contributed by atoms with E-state index in [2.05, 4.69) is 9.97 Å². The summed E-state index contributed by atoms with van der Waals surface area (Å²) in [5.41, 5.74) is -0.519. The average molecular weight is 299 g/mol. The van der Waals surface area contributed by atoms with Gasteiger partial charge in [0.2, 0.25) is 0 Å². The predicted octanol–water partition coefficient (Wildman–Crippen LogP) is 2.65. The van der Waals surface area contributed by atoms with Crippen molar-refractivity contribution in [1.82, 2.24) is 15.3 Å². The molecule has 21 heavy (non-hydrogen) atoms. The van der Waals surface area contributed by atoms with Crippen LogP contribution in [0, 0.1) is 5.82 Å². The molecule has 1 aromatic heterocycles. The largest absolute Gasteiger partial charge is 0.412 e. The van der Waals surface area contributed by atoms with E-state index in [1.807, 2.05) is 5.32 Å². The van der Waals surface area contributed by atoms with Crippen LogP contribution in [0.4, 0.5) is 17.6 Å². The molecule has 0 spiro atoms. The number of benzene rings is 1. The van der Waals surface area contributed by atoms with E-state index in [-0.39, 0.29) is 11.3 Å². The van der Waals surface area contributed by atoms with E-state index in [0.717, 1.165) is 30.5 Å². The van der Waals surface area contributed by atoms with E-state index < -0.39 is 23.9 Å². The van der Waals surface area contributed by atoms with Crippen molar-refractivity contribution in [2.24, 2.45) is 0 Å². The maximum Gasteiger partial charge on any atom is 0.412 e. The van der Waals surface area contributed by atoms with Crippen LogP contribution in [-0.4, -0.2) is 22.1 Å². The maximum absolute atomic E-state index is 13.0. The number of hydrogen-bond donors (Lipinski definition) is 1. The highest BCUT2D eigenvalue weighted by Crippen LogP contribution is 2.32. The van der Waals surface area contributed by atoms with E-state index in [0.29, 0.717) is 0 Å². The third-order valence-electron chi connectivity index (χ3n) is 2.60. The topological polar surface area (TPSA) is 54.9 Å². The minimum Gasteiger partial charge on any atom is -0.335 e. The minimum absolute atomic E-state index is 0.242. The molecular weight excluding hydrogens is 290 g/mol. The highest BCUT2D eigenvalue weighted by Gasteiger charge is 2.42. The smallest absolute Gasteiger partial charge is 0.335 e. The third kappa shape index (κ3) is 3.74. The van der Waals surface area contributed by atoms with E-state index >= 15 is 0 Å². The number of hydrogen-bond acceptors (Lipinski definition) is 3. The predicted molar refractivity (Wildman–Crippen MR) is 64.7 cm³/mol. The van der Waals surface area contributed by atoms with Crippen molar-refractivity contribution in [1.29, 1.82) is 0 Å². The van der Waals surface area contributed by atoms with Crippen molar-refractivity contribution in [3.8, 4) is 0 Å². The summed E-state index contributed by atoms with van der Waals surface area (Å²) < 4.78 is 51.9. The van der Waals surface area contributed by atoms with Gasteiger partial charge < -0.3 is 5.32 Å². The van der Waals surface area contributed by atoms with Gasteiger partial charge in [0.1, 0.15) is 11.5 Å². The van der Waals surface area contributed by atoms with Crippen molar-refractivity contribution >= 4 is 5.91 Å². The lowest BCUT2D eigenvalue weighted by Crippen LogP contribution is -2.38. The number of carbonyl (C=O) groups is 1. The second-order valence-electron chi connectivity index (χ2n) is 4.09. The number of nitrogens with one attached hydrogen (secondary N) is 1. The van der Waals surface area contributed by atoms with E-state index in [1.165, 1.54) is 12.4 Å². The molecule has 0 aliphatic carbocycles. The highest BCUT2D eigenvalue weighted by atomic mass is 19.4. The zero-order valence-corrected chi connectivity index (χ0v) is 10.4. The van der Waals surface area contributed by atoms with Gasteiger partial charge in [-0.15, -0.1) is 0 Å². The van der Waals surface area contributed by atoms with Gasteiger partial charge in [0.15, 0.2) is 6.04 Å². The first-order chi connectivity index (χ1) is 9.88. The van der Waals surface area contributed by atoms with Gasteiger partial charge in [0.25, 0.3) is 5.91 Å². The SMILES string of the molecule is O=C(N[C@@H](c1ccc(F)cc1)C(F)(F)F)c1cnccn1. The van der Waals surface area contributed by atoms with Gasteiger partial charge in [-0.2, -0.15) is 13.2 Å². The van der Waals surface area contributed by atoms with E-state index in [4.69, 9.17) is 0 Å². The number of nitrogens with zero attached hydrogens (tertiary/aromatic N) is 2. The summed E-state index contributed by atoms with van der Waals surface area (Å²) >= 11 is 0. The standard InChI is InChI=1S/C13H9F4N3O/c14-9-3-1-8(2-4-9)11(13(15,16)17)20-12(21)10-7-18-5-6-19-10/h1-7,11H,(H,20,21)/t11-/m0/s1. The Bertz CT molecular complexity index is 614. The summed E-state index contributed by atoms with van der Waals surface area (Å²) in [7, 11) is 0. The lowest BCUT2D eigenvalue weighted by atomic mass is 10.1. The Kier molecular flexibility index (Phi) is 4.15. The fourth-order valence-corrected chi connectivity index (χ4v) is 1.63. The monoisotopic (exact) mass is 299 g/mol. The molecular formula is C13H9F4N3O. The zero-order valence-electron chi connectivity index (χ0n) is 10.4. The molecule has 110 valence electrons. The Hall–Kier alpha value is -2.51. The van der Waals surface area contributed by atoms with Crippen molar-refractivity contribution in [2.45, 2.75) is 12.2 Å². The Morgan fingerprint density at radius 1 is 1.14 bits per heavy atom. The van der Waals surface area contributed by atoms with Gasteiger partial charge in [-0.3, -0.25) is 9.78 Å². The van der Waals surface area contributed by atoms with Crippen LogP contribution in [0.1, 0.15) is 22.1 Å². The molecule has 2 aromatic rings. The van der Waals surface area contributed by atoms with Gasteiger partial charge in [0, 0.05) is 12.4 Å². The molecule has 1 N–H and O–H groups in total. The van der Waals surface area contributed by atoms with Crippen LogP contribution in [0.15, 0.2) is 42.9 Å². The third-order valence-corrected chi connectivity index (χ3v) is 2.60. The van der Waals surface area contributed by atoms with Gasteiger partial charge in [-0.05, 0) is 17.7 Å². The fraction of sp³-hybridized carbons (Fsp3) is 0.154. The van der Waals surface area contributed by atoms with E-state index in [1.54, 1.807) is 0 Å². The number of amides is 1. The van der Waals surface area contributed by atoms with Crippen LogP contribution in [-0.2, 0) is 0 Å². The second kappa shape index (κ2) is 5.86. The molecule has 0 unspecified atom stereocenters. The van der Waals surface area contributed by atoms with Crippen LogP contribution in [0.25, 0.3) is 0 Å². The molecule has 4 nitrogen and oxygen atoms in total. The molecule has 0 fully saturated rings. The van der Waals surface area contributed by atoms with Crippen molar-refractivity contribution < 1.29 is 22.4 Å². The molecule has 1 atom stereocenters. The first-order valence-electron chi connectivity index (χ1n) is 5.77. The quantitative estimate of drug-likeness (QED) is 0.886. The molecule has 0 saturated heterocycles. The molecule has 0 bridgehead atoms. The van der Waals surface area contributed by atoms with Crippen molar-refractivity contribution in [3.05, 3.63) is 59.9 Å². The molecule has 0 aliphatic heterocycles. The summed E-state index contributed by atoms with van der Waals surface area (Å²) in [5.74, 6) is -1.69. The van der Waals surface area contributed by atoms with Gasteiger partial charge in [-0.25, -0.2) is 9.37 Å². The number of carbonyl (C=O) groups excluding carboxylic acids is 1. The zero-order chi connectivity index (χ0) is 15.5. The molecule has 1 heterocycles. The summed E-state index contributed by atoms with van der Waals surface area (Å²) in [4.78, 5) is 19.0. The van der Waals surface area contributed by atoms with Crippen molar-refractivity contribution in [3.63, 3.8) is 0 Å². The summed E-state index contributed by atoms with van der Waals surface area (Å²) in [6.07, 6.45) is -1.20.